The summed E-state index contributed by atoms with van der Waals surface area (Å²) < 4.78 is 53.0. The standard InChI is InChI=1S/C18H27F4NS/c1-4-6-16(7-5-2)23(10-11-24-3)13-14-8-9-15(19)12-17(14)18(20,21)22/h8-9,12,16H,4-7,10-11,13H2,1-3H3. The van der Waals surface area contributed by atoms with Gasteiger partial charge in [0, 0.05) is 24.9 Å². The van der Waals surface area contributed by atoms with Crippen molar-refractivity contribution in [2.24, 2.45) is 0 Å². The Morgan fingerprint density at radius 1 is 1.12 bits per heavy atom. The lowest BCUT2D eigenvalue weighted by Crippen LogP contribution is -2.37. The third-order valence-electron chi connectivity index (χ3n) is 4.09. The van der Waals surface area contributed by atoms with Crippen LogP contribution in [0.4, 0.5) is 17.6 Å². The highest BCUT2D eigenvalue weighted by Crippen LogP contribution is 2.33. The summed E-state index contributed by atoms with van der Waals surface area (Å²) in [6, 6.07) is 3.26. The Bertz CT molecular complexity index is 484. The van der Waals surface area contributed by atoms with Crippen LogP contribution in [0.1, 0.15) is 50.7 Å². The Morgan fingerprint density at radius 3 is 2.25 bits per heavy atom. The molecule has 0 aliphatic carbocycles. The molecular weight excluding hydrogens is 338 g/mol. The largest absolute Gasteiger partial charge is 0.416 e. The van der Waals surface area contributed by atoms with E-state index >= 15 is 0 Å². The number of nitrogens with zero attached hydrogens (tertiary/aromatic N) is 1. The van der Waals surface area contributed by atoms with Crippen molar-refractivity contribution in [1.29, 1.82) is 0 Å². The molecular formula is C18H27F4NS. The first kappa shape index (κ1) is 21.3. The fraction of sp³-hybridized carbons (Fsp3) is 0.667. The monoisotopic (exact) mass is 365 g/mol. The number of hydrogen-bond acceptors (Lipinski definition) is 2. The second-order valence-corrected chi connectivity index (χ2v) is 6.98. The van der Waals surface area contributed by atoms with Gasteiger partial charge in [-0.1, -0.05) is 32.8 Å². The van der Waals surface area contributed by atoms with Crippen LogP contribution in [0.15, 0.2) is 18.2 Å². The van der Waals surface area contributed by atoms with E-state index in [-0.39, 0.29) is 18.2 Å². The fourth-order valence-electron chi connectivity index (χ4n) is 2.94. The van der Waals surface area contributed by atoms with Crippen molar-refractivity contribution in [1.82, 2.24) is 4.90 Å². The van der Waals surface area contributed by atoms with Crippen molar-refractivity contribution >= 4 is 11.8 Å². The van der Waals surface area contributed by atoms with E-state index in [1.54, 1.807) is 11.8 Å². The van der Waals surface area contributed by atoms with Gasteiger partial charge in [0.2, 0.25) is 0 Å². The number of benzene rings is 1. The summed E-state index contributed by atoms with van der Waals surface area (Å²) in [4.78, 5) is 2.13. The maximum Gasteiger partial charge on any atom is 0.416 e. The summed E-state index contributed by atoms with van der Waals surface area (Å²) in [6.07, 6.45) is 1.38. The molecule has 0 unspecified atom stereocenters. The minimum atomic E-state index is -4.53. The summed E-state index contributed by atoms with van der Waals surface area (Å²) in [5.74, 6) is 0.0207. The minimum absolute atomic E-state index is 0.155. The van der Waals surface area contributed by atoms with E-state index in [4.69, 9.17) is 0 Å². The molecule has 0 saturated heterocycles. The van der Waals surface area contributed by atoms with Crippen molar-refractivity contribution in [3.05, 3.63) is 35.1 Å². The predicted molar refractivity (Wildman–Crippen MR) is 93.8 cm³/mol. The van der Waals surface area contributed by atoms with Crippen LogP contribution >= 0.6 is 11.8 Å². The van der Waals surface area contributed by atoms with Gasteiger partial charge in [0.1, 0.15) is 5.82 Å². The zero-order valence-electron chi connectivity index (χ0n) is 14.6. The molecule has 0 spiro atoms. The van der Waals surface area contributed by atoms with E-state index < -0.39 is 17.6 Å². The highest BCUT2D eigenvalue weighted by atomic mass is 32.2. The van der Waals surface area contributed by atoms with Crippen LogP contribution in [-0.2, 0) is 12.7 Å². The van der Waals surface area contributed by atoms with E-state index in [0.29, 0.717) is 6.07 Å². The topological polar surface area (TPSA) is 3.24 Å². The van der Waals surface area contributed by atoms with Gasteiger partial charge >= 0.3 is 6.18 Å². The van der Waals surface area contributed by atoms with Gasteiger partial charge in [0.05, 0.1) is 5.56 Å². The second kappa shape index (κ2) is 10.3. The average Bonchev–Trinajstić information content (AvgIpc) is 2.51. The molecule has 1 aromatic carbocycles. The first-order chi connectivity index (χ1) is 11.3. The predicted octanol–water partition coefficient (Wildman–Crippen LogP) is 5.98. The third kappa shape index (κ3) is 6.63. The minimum Gasteiger partial charge on any atom is -0.295 e. The zero-order chi connectivity index (χ0) is 18.2. The van der Waals surface area contributed by atoms with E-state index in [9.17, 15) is 17.6 Å². The van der Waals surface area contributed by atoms with E-state index in [1.165, 1.54) is 6.07 Å². The molecule has 6 heteroatoms. The summed E-state index contributed by atoms with van der Waals surface area (Å²) in [7, 11) is 0. The highest BCUT2D eigenvalue weighted by molar-refractivity contribution is 7.98. The van der Waals surface area contributed by atoms with Gasteiger partial charge in [-0.2, -0.15) is 24.9 Å². The van der Waals surface area contributed by atoms with Gasteiger partial charge in [-0.15, -0.1) is 0 Å². The lowest BCUT2D eigenvalue weighted by atomic mass is 10.0. The third-order valence-corrected chi connectivity index (χ3v) is 4.68. The quantitative estimate of drug-likeness (QED) is 0.469. The smallest absolute Gasteiger partial charge is 0.295 e. The number of alkyl halides is 3. The molecule has 0 heterocycles. The number of rotatable bonds is 10. The number of hydrogen-bond donors (Lipinski definition) is 0. The fourth-order valence-corrected chi connectivity index (χ4v) is 3.36. The van der Waals surface area contributed by atoms with E-state index in [2.05, 4.69) is 18.7 Å². The van der Waals surface area contributed by atoms with Gasteiger partial charge in [-0.05, 0) is 36.8 Å². The Labute approximate surface area is 146 Å². The molecule has 0 fully saturated rings. The molecule has 0 aliphatic rings. The van der Waals surface area contributed by atoms with E-state index in [0.717, 1.165) is 44.0 Å². The molecule has 0 bridgehead atoms. The van der Waals surface area contributed by atoms with Gasteiger partial charge in [-0.25, -0.2) is 4.39 Å². The van der Waals surface area contributed by atoms with Crippen LogP contribution in [0.2, 0.25) is 0 Å². The summed E-state index contributed by atoms with van der Waals surface area (Å²) in [6.45, 7) is 5.13. The van der Waals surface area contributed by atoms with Crippen molar-refractivity contribution in [3.8, 4) is 0 Å². The van der Waals surface area contributed by atoms with Crippen molar-refractivity contribution in [3.63, 3.8) is 0 Å². The summed E-state index contributed by atoms with van der Waals surface area (Å²) in [5, 5.41) is 0. The first-order valence-electron chi connectivity index (χ1n) is 8.42. The molecule has 1 rings (SSSR count). The lowest BCUT2D eigenvalue weighted by Gasteiger charge is -2.32. The van der Waals surface area contributed by atoms with Crippen LogP contribution in [0.5, 0.6) is 0 Å². The molecule has 0 amide bonds. The Kier molecular flexibility index (Phi) is 9.13. The van der Waals surface area contributed by atoms with Gasteiger partial charge in [0.15, 0.2) is 0 Å². The lowest BCUT2D eigenvalue weighted by molar-refractivity contribution is -0.138. The van der Waals surface area contributed by atoms with E-state index in [1.807, 2.05) is 6.26 Å². The molecule has 138 valence electrons. The van der Waals surface area contributed by atoms with Crippen LogP contribution in [0.3, 0.4) is 0 Å². The molecule has 0 atom stereocenters. The maximum atomic E-state index is 13.3. The molecule has 0 radical (unpaired) electrons. The Morgan fingerprint density at radius 2 is 1.75 bits per heavy atom. The first-order valence-corrected chi connectivity index (χ1v) is 9.81. The Hall–Kier alpha value is -0.750. The highest BCUT2D eigenvalue weighted by Gasteiger charge is 2.34. The molecule has 0 saturated carbocycles. The normalized spacial score (nSPS) is 12.4. The van der Waals surface area contributed by atoms with Crippen molar-refractivity contribution in [2.75, 3.05) is 18.6 Å². The SMILES string of the molecule is CCCC(CCC)N(CCSC)Cc1ccc(F)cc1C(F)(F)F. The molecule has 0 aliphatic heterocycles. The maximum absolute atomic E-state index is 13.3. The zero-order valence-corrected chi connectivity index (χ0v) is 15.4. The number of halogens is 4. The van der Waals surface area contributed by atoms with Gasteiger partial charge in [0.25, 0.3) is 0 Å². The van der Waals surface area contributed by atoms with Crippen LogP contribution < -0.4 is 0 Å². The second-order valence-electron chi connectivity index (χ2n) is 5.99. The Balaban J connectivity index is 3.09. The van der Waals surface area contributed by atoms with Gasteiger partial charge < -0.3 is 0 Å². The molecule has 24 heavy (non-hydrogen) atoms. The van der Waals surface area contributed by atoms with Crippen molar-refractivity contribution < 1.29 is 17.6 Å². The molecule has 1 aromatic rings. The van der Waals surface area contributed by atoms with Crippen LogP contribution in [0, 0.1) is 5.82 Å². The molecule has 0 aromatic heterocycles. The van der Waals surface area contributed by atoms with Gasteiger partial charge in [-0.3, -0.25) is 4.90 Å². The van der Waals surface area contributed by atoms with Crippen LogP contribution in [0.25, 0.3) is 0 Å². The molecule has 1 nitrogen and oxygen atoms in total. The average molecular weight is 365 g/mol. The molecule has 0 N–H and O–H groups in total. The van der Waals surface area contributed by atoms with Crippen molar-refractivity contribution in [2.45, 2.75) is 58.3 Å². The van der Waals surface area contributed by atoms with Crippen LogP contribution in [-0.4, -0.2) is 29.5 Å². The summed E-state index contributed by atoms with van der Waals surface area (Å²) in [5.41, 5.74) is -0.703. The summed E-state index contributed by atoms with van der Waals surface area (Å²) >= 11 is 1.68. The number of thioether (sulfide) groups is 1.